The molecule has 9 N–H and O–H groups in total. The van der Waals surface area contributed by atoms with Crippen LogP contribution in [0.25, 0.3) is 0 Å². The summed E-state index contributed by atoms with van der Waals surface area (Å²) in [5, 5.41) is 34.5. The van der Waals surface area contributed by atoms with Crippen LogP contribution < -0.4 is 22.3 Å². The fourth-order valence-corrected chi connectivity index (χ4v) is 0.848. The SMILES string of the molecule is NC(=S)N/N=C(/C=N/NC(N)=S)[C@H](O)[C@H](O)CO. The Balaban J connectivity index is 4.81. The van der Waals surface area contributed by atoms with Crippen molar-refractivity contribution in [1.29, 1.82) is 0 Å². The van der Waals surface area contributed by atoms with Gasteiger partial charge in [0, 0.05) is 0 Å². The van der Waals surface area contributed by atoms with Crippen molar-refractivity contribution in [2.45, 2.75) is 12.2 Å². The van der Waals surface area contributed by atoms with Gasteiger partial charge in [-0.25, -0.2) is 0 Å². The van der Waals surface area contributed by atoms with Gasteiger partial charge >= 0.3 is 0 Å². The van der Waals surface area contributed by atoms with E-state index in [1.165, 1.54) is 0 Å². The summed E-state index contributed by atoms with van der Waals surface area (Å²) in [4.78, 5) is 0. The summed E-state index contributed by atoms with van der Waals surface area (Å²) >= 11 is 9.01. The van der Waals surface area contributed by atoms with Crippen LogP contribution in [0.4, 0.5) is 0 Å². The van der Waals surface area contributed by atoms with Gasteiger partial charge in [-0.15, -0.1) is 0 Å². The molecule has 0 aliphatic heterocycles. The quantitative estimate of drug-likeness (QED) is 0.151. The van der Waals surface area contributed by atoms with Gasteiger partial charge in [0.2, 0.25) is 0 Å². The lowest BCUT2D eigenvalue weighted by Crippen LogP contribution is -2.39. The van der Waals surface area contributed by atoms with Crippen molar-refractivity contribution in [2.75, 3.05) is 6.61 Å². The molecule has 0 aliphatic rings. The predicted octanol–water partition coefficient (Wildman–Crippen LogP) is -3.29. The Hall–Kier alpha value is -1.40. The normalized spacial score (nSPS) is 15.2. The first-order chi connectivity index (χ1) is 8.38. The third kappa shape index (κ3) is 7.03. The zero-order chi connectivity index (χ0) is 14.1. The van der Waals surface area contributed by atoms with Crippen molar-refractivity contribution in [3.05, 3.63) is 0 Å². The Morgan fingerprint density at radius 2 is 1.78 bits per heavy atom. The molecule has 0 aromatic carbocycles. The highest BCUT2D eigenvalue weighted by atomic mass is 32.1. The molecule has 0 fully saturated rings. The van der Waals surface area contributed by atoms with Crippen molar-refractivity contribution in [2.24, 2.45) is 21.7 Å². The van der Waals surface area contributed by atoms with E-state index in [0.29, 0.717) is 0 Å². The molecule has 11 heteroatoms. The number of nitrogens with two attached hydrogens (primary N) is 2. The fraction of sp³-hybridized carbons (Fsp3) is 0.429. The molecule has 0 spiro atoms. The lowest BCUT2D eigenvalue weighted by atomic mass is 10.1. The summed E-state index contributed by atoms with van der Waals surface area (Å²) in [7, 11) is 0. The second-order valence-corrected chi connectivity index (χ2v) is 3.82. The number of aliphatic hydroxyl groups is 3. The standard InChI is InChI=1S/C7H14N6O3S2/c8-6(17)12-10-1-3(11-13-7(9)18)5(16)4(15)2-14/h1,4-5,14-16H,2H2,(H3,8,12,17)(H3,9,13,18)/b10-1+,11-3-/t4-,5+/m1/s1. The molecule has 0 aromatic rings. The summed E-state index contributed by atoms with van der Waals surface area (Å²) in [6.45, 7) is -0.663. The number of aliphatic hydroxyl groups excluding tert-OH is 3. The third-order valence-corrected chi connectivity index (χ3v) is 1.70. The number of thiocarbonyl (C=S) groups is 2. The largest absolute Gasteiger partial charge is 0.394 e. The van der Waals surface area contributed by atoms with Gasteiger partial charge in [-0.3, -0.25) is 10.9 Å². The Morgan fingerprint density at radius 3 is 2.22 bits per heavy atom. The van der Waals surface area contributed by atoms with Crippen LogP contribution in [0.15, 0.2) is 10.2 Å². The minimum absolute atomic E-state index is 0.0925. The van der Waals surface area contributed by atoms with Crippen LogP contribution in [-0.4, -0.2) is 56.3 Å². The lowest BCUT2D eigenvalue weighted by molar-refractivity contribution is 0.0191. The van der Waals surface area contributed by atoms with E-state index in [4.69, 9.17) is 16.6 Å². The van der Waals surface area contributed by atoms with E-state index in [9.17, 15) is 10.2 Å². The second kappa shape index (κ2) is 8.66. The molecule has 18 heavy (non-hydrogen) atoms. The van der Waals surface area contributed by atoms with E-state index in [2.05, 4.69) is 45.5 Å². The molecule has 0 unspecified atom stereocenters. The smallest absolute Gasteiger partial charge is 0.184 e. The number of hydrazone groups is 2. The minimum Gasteiger partial charge on any atom is -0.394 e. The molecule has 0 aromatic heterocycles. The van der Waals surface area contributed by atoms with Gasteiger partial charge in [0.25, 0.3) is 0 Å². The number of rotatable bonds is 6. The first kappa shape index (κ1) is 16.6. The number of nitrogens with one attached hydrogen (secondary N) is 2. The molecule has 0 saturated carbocycles. The highest BCUT2D eigenvalue weighted by Gasteiger charge is 2.20. The molecule has 0 radical (unpaired) electrons. The van der Waals surface area contributed by atoms with Gasteiger partial charge in [-0.1, -0.05) is 0 Å². The second-order valence-electron chi connectivity index (χ2n) is 2.94. The molecular formula is C7H14N6O3S2. The summed E-state index contributed by atoms with van der Waals surface area (Å²) in [5.41, 5.74) is 14.6. The van der Waals surface area contributed by atoms with Crippen LogP contribution in [0.5, 0.6) is 0 Å². The van der Waals surface area contributed by atoms with E-state index in [0.717, 1.165) is 6.21 Å². The van der Waals surface area contributed by atoms with Crippen LogP contribution in [0.2, 0.25) is 0 Å². The molecule has 2 atom stereocenters. The van der Waals surface area contributed by atoms with Crippen molar-refractivity contribution in [1.82, 2.24) is 10.9 Å². The Labute approximate surface area is 114 Å². The molecule has 0 amide bonds. The summed E-state index contributed by atoms with van der Waals surface area (Å²) < 4.78 is 0. The number of nitrogens with zero attached hydrogens (tertiary/aromatic N) is 2. The van der Waals surface area contributed by atoms with Gasteiger partial charge in [0.15, 0.2) is 10.2 Å². The van der Waals surface area contributed by atoms with E-state index < -0.39 is 18.8 Å². The highest BCUT2D eigenvalue weighted by Crippen LogP contribution is 1.95. The summed E-state index contributed by atoms with van der Waals surface area (Å²) in [6, 6.07) is 0. The zero-order valence-corrected chi connectivity index (χ0v) is 10.8. The van der Waals surface area contributed by atoms with Gasteiger partial charge in [-0.2, -0.15) is 10.2 Å². The first-order valence-corrected chi connectivity index (χ1v) is 5.38. The molecular weight excluding hydrogens is 280 g/mol. The minimum atomic E-state index is -1.49. The maximum Gasteiger partial charge on any atom is 0.184 e. The van der Waals surface area contributed by atoms with Crippen molar-refractivity contribution < 1.29 is 15.3 Å². The number of hydrogen-bond acceptors (Lipinski definition) is 7. The average molecular weight is 294 g/mol. The van der Waals surface area contributed by atoms with Gasteiger partial charge in [-0.05, 0) is 24.4 Å². The first-order valence-electron chi connectivity index (χ1n) is 4.57. The Kier molecular flexibility index (Phi) is 7.98. The predicted molar refractivity (Wildman–Crippen MR) is 74.9 cm³/mol. The Bertz CT molecular complexity index is 361. The van der Waals surface area contributed by atoms with E-state index >= 15 is 0 Å². The van der Waals surface area contributed by atoms with Crippen molar-refractivity contribution >= 4 is 46.6 Å². The van der Waals surface area contributed by atoms with Crippen LogP contribution in [0, 0.1) is 0 Å². The fourth-order valence-electron chi connectivity index (χ4n) is 0.750. The molecule has 0 bridgehead atoms. The monoisotopic (exact) mass is 294 g/mol. The molecule has 102 valence electrons. The van der Waals surface area contributed by atoms with Crippen LogP contribution in [0.3, 0.4) is 0 Å². The Morgan fingerprint density at radius 1 is 1.22 bits per heavy atom. The van der Waals surface area contributed by atoms with E-state index in [1.54, 1.807) is 0 Å². The van der Waals surface area contributed by atoms with E-state index in [1.807, 2.05) is 0 Å². The molecule has 0 saturated heterocycles. The van der Waals surface area contributed by atoms with Crippen molar-refractivity contribution in [3.8, 4) is 0 Å². The van der Waals surface area contributed by atoms with Crippen LogP contribution >= 0.6 is 24.4 Å². The van der Waals surface area contributed by atoms with Crippen LogP contribution in [0.1, 0.15) is 0 Å². The summed E-state index contributed by atoms with van der Waals surface area (Å²) in [6.07, 6.45) is -1.89. The molecule has 9 nitrogen and oxygen atoms in total. The maximum absolute atomic E-state index is 9.61. The van der Waals surface area contributed by atoms with Gasteiger partial charge in [0.05, 0.1) is 12.8 Å². The van der Waals surface area contributed by atoms with Gasteiger partial charge < -0.3 is 26.8 Å². The van der Waals surface area contributed by atoms with Crippen LogP contribution in [-0.2, 0) is 0 Å². The van der Waals surface area contributed by atoms with Crippen molar-refractivity contribution in [3.63, 3.8) is 0 Å². The maximum atomic E-state index is 9.61. The highest BCUT2D eigenvalue weighted by molar-refractivity contribution is 7.80. The summed E-state index contributed by atoms with van der Waals surface area (Å²) in [5.74, 6) is 0. The lowest BCUT2D eigenvalue weighted by Gasteiger charge is -2.15. The third-order valence-electron chi connectivity index (χ3n) is 1.52. The molecule has 0 aliphatic carbocycles. The average Bonchev–Trinajstić information content (AvgIpc) is 2.30. The van der Waals surface area contributed by atoms with E-state index in [-0.39, 0.29) is 15.9 Å². The van der Waals surface area contributed by atoms with Gasteiger partial charge in [0.1, 0.15) is 17.9 Å². The zero-order valence-electron chi connectivity index (χ0n) is 9.15. The topological polar surface area (TPSA) is 162 Å². The number of hydrogen-bond donors (Lipinski definition) is 7. The molecule has 0 rings (SSSR count). The molecule has 0 heterocycles.